The Hall–Kier alpha value is -1.51. The van der Waals surface area contributed by atoms with E-state index in [4.69, 9.17) is 0 Å². The van der Waals surface area contributed by atoms with Gasteiger partial charge in [0.15, 0.2) is 0 Å². The zero-order valence-electron chi connectivity index (χ0n) is 12.7. The average molecular weight is 342 g/mol. The number of esters is 1. The molecule has 2 heterocycles. The van der Waals surface area contributed by atoms with Gasteiger partial charge in [0.2, 0.25) is 10.0 Å². The van der Waals surface area contributed by atoms with Crippen molar-refractivity contribution in [3.8, 4) is 0 Å². The van der Waals surface area contributed by atoms with Gasteiger partial charge in [-0.1, -0.05) is 0 Å². The first-order valence-corrected chi connectivity index (χ1v) is 9.03. The zero-order valence-corrected chi connectivity index (χ0v) is 13.5. The molecule has 2 fully saturated rings. The van der Waals surface area contributed by atoms with Crippen molar-refractivity contribution in [3.05, 3.63) is 29.6 Å². The fraction of sp³-hybridized carbons (Fsp3) is 0.533. The number of fused-ring (bicyclic) bond motifs is 2. The molecule has 2 unspecified atom stereocenters. The summed E-state index contributed by atoms with van der Waals surface area (Å²) in [6.45, 7) is 0. The minimum absolute atomic E-state index is 0.168. The quantitative estimate of drug-likeness (QED) is 0.803. The number of nitrogens with one attached hydrogen (secondary N) is 2. The van der Waals surface area contributed by atoms with Crippen molar-refractivity contribution in [2.75, 3.05) is 7.11 Å². The van der Waals surface area contributed by atoms with Crippen LogP contribution in [0.15, 0.2) is 23.1 Å². The number of carbonyl (C=O) groups excluding carboxylic acids is 1. The molecule has 2 saturated heterocycles. The number of ether oxygens (including phenoxy) is 1. The predicted octanol–water partition coefficient (Wildman–Crippen LogP) is 1.17. The summed E-state index contributed by atoms with van der Waals surface area (Å²) in [6, 6.07) is 3.43. The Morgan fingerprint density at radius 2 is 1.96 bits per heavy atom. The number of hydrogen-bond acceptors (Lipinski definition) is 5. The van der Waals surface area contributed by atoms with Crippen LogP contribution in [0.3, 0.4) is 0 Å². The minimum Gasteiger partial charge on any atom is -0.465 e. The highest BCUT2D eigenvalue weighted by atomic mass is 32.2. The van der Waals surface area contributed by atoms with Crippen LogP contribution >= 0.6 is 0 Å². The van der Waals surface area contributed by atoms with E-state index in [0.717, 1.165) is 38.2 Å². The van der Waals surface area contributed by atoms with Crippen LogP contribution in [0.4, 0.5) is 4.39 Å². The maximum atomic E-state index is 13.5. The Labute approximate surface area is 134 Å². The molecule has 0 spiro atoms. The second-order valence-electron chi connectivity index (χ2n) is 6.06. The molecule has 1 aromatic rings. The SMILES string of the molecule is COC(=O)c1ccc(F)cc1S(=O)(=O)NC1CC2CCC(C1)N2. The highest BCUT2D eigenvalue weighted by molar-refractivity contribution is 7.89. The molecule has 2 aliphatic rings. The molecule has 8 heteroatoms. The zero-order chi connectivity index (χ0) is 16.6. The first-order chi connectivity index (χ1) is 10.9. The van der Waals surface area contributed by atoms with E-state index in [1.807, 2.05) is 0 Å². The van der Waals surface area contributed by atoms with Crippen molar-refractivity contribution >= 4 is 16.0 Å². The summed E-state index contributed by atoms with van der Waals surface area (Å²) < 4.78 is 45.9. The van der Waals surface area contributed by atoms with E-state index in [9.17, 15) is 17.6 Å². The second kappa shape index (κ2) is 6.18. The van der Waals surface area contributed by atoms with Crippen LogP contribution < -0.4 is 10.0 Å². The van der Waals surface area contributed by atoms with Crippen molar-refractivity contribution in [2.24, 2.45) is 0 Å². The van der Waals surface area contributed by atoms with E-state index in [0.29, 0.717) is 24.9 Å². The van der Waals surface area contributed by atoms with Gasteiger partial charge in [-0.2, -0.15) is 0 Å². The highest BCUT2D eigenvalue weighted by Crippen LogP contribution is 2.28. The van der Waals surface area contributed by atoms with Gasteiger partial charge in [-0.05, 0) is 43.9 Å². The van der Waals surface area contributed by atoms with Crippen LogP contribution in [-0.4, -0.2) is 39.6 Å². The van der Waals surface area contributed by atoms with Crippen molar-refractivity contribution < 1.29 is 22.3 Å². The Balaban J connectivity index is 1.87. The first-order valence-electron chi connectivity index (χ1n) is 7.55. The third kappa shape index (κ3) is 3.39. The highest BCUT2D eigenvalue weighted by Gasteiger charge is 2.36. The smallest absolute Gasteiger partial charge is 0.339 e. The summed E-state index contributed by atoms with van der Waals surface area (Å²) >= 11 is 0. The summed E-state index contributed by atoms with van der Waals surface area (Å²) in [4.78, 5) is 11.4. The first kappa shape index (κ1) is 16.4. The third-order valence-corrected chi connectivity index (χ3v) is 5.99. The Morgan fingerprint density at radius 3 is 2.57 bits per heavy atom. The lowest BCUT2D eigenvalue weighted by Crippen LogP contribution is -2.48. The number of carbonyl (C=O) groups is 1. The van der Waals surface area contributed by atoms with Crippen molar-refractivity contribution in [3.63, 3.8) is 0 Å². The van der Waals surface area contributed by atoms with Crippen LogP contribution in [0, 0.1) is 5.82 Å². The minimum atomic E-state index is -4.01. The van der Waals surface area contributed by atoms with E-state index >= 15 is 0 Å². The summed E-state index contributed by atoms with van der Waals surface area (Å²) in [5, 5.41) is 3.42. The van der Waals surface area contributed by atoms with Crippen LogP contribution in [0.2, 0.25) is 0 Å². The number of hydrogen-bond donors (Lipinski definition) is 2. The number of piperidine rings is 1. The standard InChI is InChI=1S/C15H19FN2O4S/c1-22-15(19)13-5-2-9(16)6-14(13)23(20,21)18-12-7-10-3-4-11(8-12)17-10/h2,5-6,10-12,17-18H,3-4,7-8H2,1H3. The average Bonchev–Trinajstić information content (AvgIpc) is 2.85. The lowest BCUT2D eigenvalue weighted by Gasteiger charge is -2.29. The molecule has 0 aromatic heterocycles. The number of methoxy groups -OCH3 is 1. The van der Waals surface area contributed by atoms with Crippen LogP contribution in [0.1, 0.15) is 36.0 Å². The van der Waals surface area contributed by atoms with Crippen LogP contribution in [0.5, 0.6) is 0 Å². The van der Waals surface area contributed by atoms with Gasteiger partial charge in [0.25, 0.3) is 0 Å². The summed E-state index contributed by atoms with van der Waals surface area (Å²) in [7, 11) is -2.85. The van der Waals surface area contributed by atoms with Crippen molar-refractivity contribution in [1.82, 2.24) is 10.0 Å². The van der Waals surface area contributed by atoms with Gasteiger partial charge in [-0.25, -0.2) is 22.3 Å². The molecule has 6 nitrogen and oxygen atoms in total. The summed E-state index contributed by atoms with van der Waals surface area (Å²) in [5.74, 6) is -1.53. The summed E-state index contributed by atoms with van der Waals surface area (Å²) in [6.07, 6.45) is 3.46. The maximum absolute atomic E-state index is 13.5. The molecule has 2 atom stereocenters. The molecule has 0 radical (unpaired) electrons. The van der Waals surface area contributed by atoms with E-state index in [2.05, 4.69) is 14.8 Å². The fourth-order valence-electron chi connectivity index (χ4n) is 3.43. The molecule has 2 bridgehead atoms. The molecular weight excluding hydrogens is 323 g/mol. The predicted molar refractivity (Wildman–Crippen MR) is 81.0 cm³/mol. The normalized spacial score (nSPS) is 27.0. The molecular formula is C15H19FN2O4S. The van der Waals surface area contributed by atoms with Gasteiger partial charge in [-0.15, -0.1) is 0 Å². The van der Waals surface area contributed by atoms with Gasteiger partial charge in [-0.3, -0.25) is 0 Å². The summed E-state index contributed by atoms with van der Waals surface area (Å²) in [5.41, 5.74) is -0.168. The third-order valence-electron chi connectivity index (χ3n) is 4.43. The Kier molecular flexibility index (Phi) is 4.39. The fourth-order valence-corrected chi connectivity index (χ4v) is 4.90. The topological polar surface area (TPSA) is 84.5 Å². The number of sulfonamides is 1. The lowest BCUT2D eigenvalue weighted by molar-refractivity contribution is 0.0596. The maximum Gasteiger partial charge on any atom is 0.339 e. The van der Waals surface area contributed by atoms with Crippen LogP contribution in [0.25, 0.3) is 0 Å². The van der Waals surface area contributed by atoms with Crippen molar-refractivity contribution in [1.29, 1.82) is 0 Å². The number of halogens is 1. The number of benzene rings is 1. The molecule has 2 aliphatic heterocycles. The van der Waals surface area contributed by atoms with Gasteiger partial charge >= 0.3 is 5.97 Å². The van der Waals surface area contributed by atoms with Gasteiger partial charge in [0.05, 0.1) is 17.6 Å². The molecule has 0 aliphatic carbocycles. The monoisotopic (exact) mass is 342 g/mol. The second-order valence-corrected chi connectivity index (χ2v) is 7.74. The molecule has 126 valence electrons. The Morgan fingerprint density at radius 1 is 1.30 bits per heavy atom. The molecule has 1 aromatic carbocycles. The van der Waals surface area contributed by atoms with E-state index in [-0.39, 0.29) is 16.5 Å². The van der Waals surface area contributed by atoms with Gasteiger partial charge < -0.3 is 10.1 Å². The van der Waals surface area contributed by atoms with Gasteiger partial charge in [0, 0.05) is 18.1 Å². The van der Waals surface area contributed by atoms with Crippen LogP contribution in [-0.2, 0) is 14.8 Å². The van der Waals surface area contributed by atoms with E-state index in [1.54, 1.807) is 0 Å². The molecule has 23 heavy (non-hydrogen) atoms. The molecule has 0 amide bonds. The van der Waals surface area contributed by atoms with E-state index < -0.39 is 21.8 Å². The van der Waals surface area contributed by atoms with E-state index in [1.165, 1.54) is 0 Å². The Bertz CT molecular complexity index is 710. The van der Waals surface area contributed by atoms with Gasteiger partial charge in [0.1, 0.15) is 5.82 Å². The molecule has 3 rings (SSSR count). The largest absolute Gasteiger partial charge is 0.465 e. The lowest BCUT2D eigenvalue weighted by atomic mass is 10.0. The molecule has 2 N–H and O–H groups in total. The number of rotatable bonds is 4. The van der Waals surface area contributed by atoms with Crippen molar-refractivity contribution in [2.45, 2.75) is 48.7 Å². The molecule has 0 saturated carbocycles.